The Morgan fingerprint density at radius 2 is 1.71 bits per heavy atom. The highest BCUT2D eigenvalue weighted by Crippen LogP contribution is 2.19. The molecule has 0 bridgehead atoms. The molecule has 28 heavy (non-hydrogen) atoms. The van der Waals surface area contributed by atoms with Crippen molar-refractivity contribution < 1.29 is 9.53 Å². The highest BCUT2D eigenvalue weighted by atomic mass is 35.5. The van der Waals surface area contributed by atoms with Gasteiger partial charge in [-0.3, -0.25) is 4.90 Å². The number of urea groups is 1. The van der Waals surface area contributed by atoms with Gasteiger partial charge in [0.15, 0.2) is 0 Å². The van der Waals surface area contributed by atoms with Crippen molar-refractivity contribution in [2.24, 2.45) is 0 Å². The standard InChI is InChI=1S/C22H28ClN3O2/c1-2-21(19-7-9-20(23)10-8-19)25-22(27)24-15-17-3-5-18(6-4-17)16-26-11-13-28-14-12-26/h3-10,21H,2,11-16H2,1H3,(H2,24,25,27)/t21-/m1/s1. The van der Waals surface area contributed by atoms with Crippen LogP contribution in [0.25, 0.3) is 0 Å². The fourth-order valence-electron chi connectivity index (χ4n) is 3.29. The van der Waals surface area contributed by atoms with E-state index in [1.165, 1.54) is 5.56 Å². The van der Waals surface area contributed by atoms with Crippen molar-refractivity contribution >= 4 is 17.6 Å². The first-order valence-electron chi connectivity index (χ1n) is 9.82. The van der Waals surface area contributed by atoms with Crippen LogP contribution < -0.4 is 10.6 Å². The predicted molar refractivity (Wildman–Crippen MR) is 112 cm³/mol. The number of morpholine rings is 1. The van der Waals surface area contributed by atoms with Crippen LogP contribution in [-0.2, 0) is 17.8 Å². The largest absolute Gasteiger partial charge is 0.379 e. The van der Waals surface area contributed by atoms with Gasteiger partial charge in [0.05, 0.1) is 19.3 Å². The van der Waals surface area contributed by atoms with Crippen molar-refractivity contribution in [3.8, 4) is 0 Å². The zero-order valence-electron chi connectivity index (χ0n) is 16.3. The monoisotopic (exact) mass is 401 g/mol. The number of hydrogen-bond acceptors (Lipinski definition) is 3. The second-order valence-electron chi connectivity index (χ2n) is 7.04. The van der Waals surface area contributed by atoms with Gasteiger partial charge < -0.3 is 15.4 Å². The molecular weight excluding hydrogens is 374 g/mol. The summed E-state index contributed by atoms with van der Waals surface area (Å²) in [5.74, 6) is 0. The smallest absolute Gasteiger partial charge is 0.315 e. The molecule has 1 saturated heterocycles. The number of carbonyl (C=O) groups excluding carboxylic acids is 1. The van der Waals surface area contributed by atoms with Crippen molar-refractivity contribution in [1.82, 2.24) is 15.5 Å². The van der Waals surface area contributed by atoms with E-state index in [2.05, 4.69) is 39.8 Å². The Bertz CT molecular complexity index is 743. The summed E-state index contributed by atoms with van der Waals surface area (Å²) in [5, 5.41) is 6.66. The summed E-state index contributed by atoms with van der Waals surface area (Å²) in [4.78, 5) is 14.7. The average Bonchev–Trinajstić information content (AvgIpc) is 2.73. The first-order valence-corrected chi connectivity index (χ1v) is 10.2. The van der Waals surface area contributed by atoms with E-state index in [1.807, 2.05) is 31.2 Å². The Hall–Kier alpha value is -2.08. The minimum absolute atomic E-state index is 0.0341. The van der Waals surface area contributed by atoms with Gasteiger partial charge in [-0.2, -0.15) is 0 Å². The molecule has 6 heteroatoms. The molecule has 1 heterocycles. The van der Waals surface area contributed by atoms with E-state index in [-0.39, 0.29) is 12.1 Å². The minimum atomic E-state index is -0.167. The highest BCUT2D eigenvalue weighted by Gasteiger charge is 2.13. The molecule has 1 fully saturated rings. The van der Waals surface area contributed by atoms with Gasteiger partial charge in [0.25, 0.3) is 0 Å². The zero-order chi connectivity index (χ0) is 19.8. The number of carbonyl (C=O) groups is 1. The minimum Gasteiger partial charge on any atom is -0.379 e. The average molecular weight is 402 g/mol. The molecule has 0 radical (unpaired) electrons. The third-order valence-corrected chi connectivity index (χ3v) is 5.22. The molecule has 0 saturated carbocycles. The summed E-state index contributed by atoms with van der Waals surface area (Å²) in [6, 6.07) is 15.8. The van der Waals surface area contributed by atoms with Crippen LogP contribution in [0.15, 0.2) is 48.5 Å². The van der Waals surface area contributed by atoms with Gasteiger partial charge in [-0.15, -0.1) is 0 Å². The molecule has 150 valence electrons. The number of halogens is 1. The van der Waals surface area contributed by atoms with E-state index >= 15 is 0 Å². The van der Waals surface area contributed by atoms with Crippen LogP contribution in [0, 0.1) is 0 Å². The number of amides is 2. The van der Waals surface area contributed by atoms with Gasteiger partial charge in [-0.1, -0.05) is 54.9 Å². The fraction of sp³-hybridized carbons (Fsp3) is 0.409. The number of benzene rings is 2. The first-order chi connectivity index (χ1) is 13.6. The molecule has 1 aliphatic heterocycles. The van der Waals surface area contributed by atoms with E-state index in [9.17, 15) is 4.79 Å². The maximum Gasteiger partial charge on any atom is 0.315 e. The maximum atomic E-state index is 12.3. The van der Waals surface area contributed by atoms with Crippen LogP contribution in [0.3, 0.4) is 0 Å². The van der Waals surface area contributed by atoms with Gasteiger partial charge in [-0.25, -0.2) is 4.79 Å². The molecule has 2 aromatic rings. The fourth-order valence-corrected chi connectivity index (χ4v) is 3.41. The van der Waals surface area contributed by atoms with Crippen LogP contribution >= 0.6 is 11.6 Å². The topological polar surface area (TPSA) is 53.6 Å². The van der Waals surface area contributed by atoms with Gasteiger partial charge in [-0.05, 0) is 35.2 Å². The van der Waals surface area contributed by atoms with Crippen molar-refractivity contribution in [3.63, 3.8) is 0 Å². The van der Waals surface area contributed by atoms with Crippen LogP contribution in [0.5, 0.6) is 0 Å². The van der Waals surface area contributed by atoms with Crippen molar-refractivity contribution in [2.75, 3.05) is 26.3 Å². The summed E-state index contributed by atoms with van der Waals surface area (Å²) >= 11 is 5.94. The Balaban J connectivity index is 1.46. The maximum absolute atomic E-state index is 12.3. The van der Waals surface area contributed by atoms with E-state index in [0.29, 0.717) is 11.6 Å². The second kappa shape index (κ2) is 10.5. The summed E-state index contributed by atoms with van der Waals surface area (Å²) < 4.78 is 5.39. The Morgan fingerprint density at radius 3 is 2.36 bits per heavy atom. The molecule has 5 nitrogen and oxygen atoms in total. The third kappa shape index (κ3) is 6.23. The second-order valence-corrected chi connectivity index (χ2v) is 7.48. The summed E-state index contributed by atoms with van der Waals surface area (Å²) in [6.07, 6.45) is 0.811. The molecule has 2 amide bonds. The lowest BCUT2D eigenvalue weighted by atomic mass is 10.1. The lowest BCUT2D eigenvalue weighted by Crippen LogP contribution is -2.37. The number of ether oxygens (including phenoxy) is 1. The lowest BCUT2D eigenvalue weighted by molar-refractivity contribution is 0.0342. The van der Waals surface area contributed by atoms with E-state index < -0.39 is 0 Å². The molecular formula is C22H28ClN3O2. The van der Waals surface area contributed by atoms with Gasteiger partial charge in [0.2, 0.25) is 0 Å². The van der Waals surface area contributed by atoms with Crippen LogP contribution in [0.1, 0.15) is 36.1 Å². The summed E-state index contributed by atoms with van der Waals surface area (Å²) in [7, 11) is 0. The van der Waals surface area contributed by atoms with Crippen molar-refractivity contribution in [1.29, 1.82) is 0 Å². The number of rotatable bonds is 7. The highest BCUT2D eigenvalue weighted by molar-refractivity contribution is 6.30. The van der Waals surface area contributed by atoms with Crippen LogP contribution in [-0.4, -0.2) is 37.2 Å². The molecule has 0 aliphatic carbocycles. The van der Waals surface area contributed by atoms with Gasteiger partial charge in [0.1, 0.15) is 0 Å². The number of hydrogen-bond donors (Lipinski definition) is 2. The zero-order valence-corrected chi connectivity index (χ0v) is 17.0. The molecule has 1 aliphatic rings. The molecule has 0 spiro atoms. The first kappa shape index (κ1) is 20.6. The molecule has 1 atom stereocenters. The van der Waals surface area contributed by atoms with E-state index in [4.69, 9.17) is 16.3 Å². The van der Waals surface area contributed by atoms with Crippen LogP contribution in [0.2, 0.25) is 5.02 Å². The molecule has 2 N–H and O–H groups in total. The van der Waals surface area contributed by atoms with Crippen molar-refractivity contribution in [2.45, 2.75) is 32.5 Å². The summed E-state index contributed by atoms with van der Waals surface area (Å²) in [6.45, 7) is 7.08. The normalized spacial score (nSPS) is 15.8. The quantitative estimate of drug-likeness (QED) is 0.733. The Kier molecular flexibility index (Phi) is 7.71. The molecule has 2 aromatic carbocycles. The van der Waals surface area contributed by atoms with E-state index in [1.54, 1.807) is 0 Å². The molecule has 0 unspecified atom stereocenters. The Morgan fingerprint density at radius 1 is 1.07 bits per heavy atom. The Labute approximate surface area is 172 Å². The van der Waals surface area contributed by atoms with E-state index in [0.717, 1.165) is 50.4 Å². The SMILES string of the molecule is CC[C@@H](NC(=O)NCc1ccc(CN2CCOCC2)cc1)c1ccc(Cl)cc1. The predicted octanol–water partition coefficient (Wildman–Crippen LogP) is 4.12. The van der Waals surface area contributed by atoms with Crippen LogP contribution in [0.4, 0.5) is 4.79 Å². The van der Waals surface area contributed by atoms with Crippen molar-refractivity contribution in [3.05, 3.63) is 70.2 Å². The number of nitrogens with one attached hydrogen (secondary N) is 2. The molecule has 3 rings (SSSR count). The molecule has 0 aromatic heterocycles. The third-order valence-electron chi connectivity index (χ3n) is 4.97. The van der Waals surface area contributed by atoms with Gasteiger partial charge in [0, 0.05) is 31.2 Å². The number of nitrogens with zero attached hydrogens (tertiary/aromatic N) is 1. The lowest BCUT2D eigenvalue weighted by Gasteiger charge is -2.26. The van der Waals surface area contributed by atoms with Gasteiger partial charge >= 0.3 is 6.03 Å². The summed E-state index contributed by atoms with van der Waals surface area (Å²) in [5.41, 5.74) is 3.42.